The molecule has 0 heterocycles. The van der Waals surface area contributed by atoms with E-state index in [0.717, 1.165) is 11.1 Å². The number of aryl methyl sites for hydroxylation is 1. The monoisotopic (exact) mass is 224 g/mol. The normalized spacial score (nSPS) is 10.0. The number of benzene rings is 1. The van der Waals surface area contributed by atoms with Gasteiger partial charge in [-0.2, -0.15) is 0 Å². The molecule has 1 N–H and O–H groups in total. The maximum Gasteiger partial charge on any atom is 0.307 e. The third-order valence-electron chi connectivity index (χ3n) is 2.57. The van der Waals surface area contributed by atoms with Gasteiger partial charge in [0.1, 0.15) is 0 Å². The van der Waals surface area contributed by atoms with Gasteiger partial charge in [0.15, 0.2) is 11.5 Å². The van der Waals surface area contributed by atoms with Crippen LogP contribution < -0.4 is 9.47 Å². The Labute approximate surface area is 94.8 Å². The summed E-state index contributed by atoms with van der Waals surface area (Å²) in [6.07, 6.45) is -0.0688. The van der Waals surface area contributed by atoms with E-state index in [1.165, 1.54) is 7.11 Å². The minimum atomic E-state index is -0.886. The summed E-state index contributed by atoms with van der Waals surface area (Å²) in [7, 11) is 3.06. The van der Waals surface area contributed by atoms with E-state index in [1.54, 1.807) is 7.11 Å². The SMILES string of the molecule is COc1c(CC(=O)O)cc(C)c(C)c1OC. The van der Waals surface area contributed by atoms with Crippen LogP contribution in [0.3, 0.4) is 0 Å². The number of hydrogen-bond acceptors (Lipinski definition) is 3. The van der Waals surface area contributed by atoms with Crippen molar-refractivity contribution in [2.45, 2.75) is 20.3 Å². The third kappa shape index (κ3) is 2.27. The molecule has 4 nitrogen and oxygen atoms in total. The standard InChI is InChI=1S/C12H16O4/c1-7-5-9(6-10(13)14)12(16-4)11(15-3)8(7)2/h5H,6H2,1-4H3,(H,13,14). The summed E-state index contributed by atoms with van der Waals surface area (Å²) in [6, 6.07) is 1.82. The van der Waals surface area contributed by atoms with Crippen molar-refractivity contribution < 1.29 is 19.4 Å². The Morgan fingerprint density at radius 3 is 2.25 bits per heavy atom. The van der Waals surface area contributed by atoms with E-state index >= 15 is 0 Å². The van der Waals surface area contributed by atoms with Gasteiger partial charge in [0, 0.05) is 5.56 Å². The summed E-state index contributed by atoms with van der Waals surface area (Å²) in [5.74, 6) is 0.232. The average molecular weight is 224 g/mol. The zero-order valence-corrected chi connectivity index (χ0v) is 9.96. The zero-order valence-electron chi connectivity index (χ0n) is 9.96. The van der Waals surface area contributed by atoms with Gasteiger partial charge >= 0.3 is 5.97 Å². The number of hydrogen-bond donors (Lipinski definition) is 1. The van der Waals surface area contributed by atoms with Crippen LogP contribution in [0.25, 0.3) is 0 Å². The number of ether oxygens (including phenoxy) is 2. The molecule has 0 aliphatic carbocycles. The molecule has 0 unspecified atom stereocenters. The Hall–Kier alpha value is -1.71. The van der Waals surface area contributed by atoms with Gasteiger partial charge in [0.25, 0.3) is 0 Å². The molecule has 0 spiro atoms. The van der Waals surface area contributed by atoms with Crippen LogP contribution in [0.2, 0.25) is 0 Å². The Balaban J connectivity index is 3.37. The fourth-order valence-electron chi connectivity index (χ4n) is 1.69. The molecule has 1 aromatic carbocycles. The lowest BCUT2D eigenvalue weighted by Crippen LogP contribution is -2.05. The molecular weight excluding hydrogens is 208 g/mol. The number of carbonyl (C=O) groups is 1. The Morgan fingerprint density at radius 2 is 1.81 bits per heavy atom. The molecule has 0 radical (unpaired) electrons. The van der Waals surface area contributed by atoms with Gasteiger partial charge < -0.3 is 14.6 Å². The topological polar surface area (TPSA) is 55.8 Å². The van der Waals surface area contributed by atoms with E-state index in [-0.39, 0.29) is 6.42 Å². The quantitative estimate of drug-likeness (QED) is 0.849. The molecule has 4 heteroatoms. The van der Waals surface area contributed by atoms with Gasteiger partial charge in [-0.15, -0.1) is 0 Å². The van der Waals surface area contributed by atoms with Crippen LogP contribution in [-0.4, -0.2) is 25.3 Å². The highest BCUT2D eigenvalue weighted by Crippen LogP contribution is 2.36. The lowest BCUT2D eigenvalue weighted by molar-refractivity contribution is -0.136. The largest absolute Gasteiger partial charge is 0.493 e. The van der Waals surface area contributed by atoms with Crippen LogP contribution in [0.4, 0.5) is 0 Å². The van der Waals surface area contributed by atoms with Crippen molar-refractivity contribution in [3.63, 3.8) is 0 Å². The number of methoxy groups -OCH3 is 2. The van der Waals surface area contributed by atoms with Gasteiger partial charge in [-0.05, 0) is 25.0 Å². The van der Waals surface area contributed by atoms with Gasteiger partial charge in [0.2, 0.25) is 0 Å². The van der Waals surface area contributed by atoms with Crippen LogP contribution in [0, 0.1) is 13.8 Å². The van der Waals surface area contributed by atoms with Crippen LogP contribution in [0.5, 0.6) is 11.5 Å². The first-order chi connectivity index (χ1) is 7.51. The van der Waals surface area contributed by atoms with Crippen LogP contribution >= 0.6 is 0 Å². The van der Waals surface area contributed by atoms with Crippen molar-refractivity contribution >= 4 is 5.97 Å². The first kappa shape index (κ1) is 12.4. The predicted octanol–water partition coefficient (Wildman–Crippen LogP) is 1.95. The van der Waals surface area contributed by atoms with E-state index in [2.05, 4.69) is 0 Å². The second kappa shape index (κ2) is 4.88. The maximum atomic E-state index is 10.7. The molecule has 0 aromatic heterocycles. The molecule has 0 aliphatic rings. The summed E-state index contributed by atoms with van der Waals surface area (Å²) in [5.41, 5.74) is 2.59. The lowest BCUT2D eigenvalue weighted by atomic mass is 10.0. The molecule has 1 aromatic rings. The number of carboxylic acid groups (broad SMARTS) is 1. The third-order valence-corrected chi connectivity index (χ3v) is 2.57. The second-order valence-electron chi connectivity index (χ2n) is 3.61. The molecule has 16 heavy (non-hydrogen) atoms. The number of carboxylic acids is 1. The summed E-state index contributed by atoms with van der Waals surface area (Å²) >= 11 is 0. The highest BCUT2D eigenvalue weighted by Gasteiger charge is 2.16. The van der Waals surface area contributed by atoms with Crippen LogP contribution in [0.1, 0.15) is 16.7 Å². The van der Waals surface area contributed by atoms with E-state index in [4.69, 9.17) is 14.6 Å². The van der Waals surface area contributed by atoms with Crippen LogP contribution in [-0.2, 0) is 11.2 Å². The van der Waals surface area contributed by atoms with Crippen molar-refractivity contribution in [1.29, 1.82) is 0 Å². The Kier molecular flexibility index (Phi) is 3.77. The summed E-state index contributed by atoms with van der Waals surface area (Å²) < 4.78 is 10.5. The van der Waals surface area contributed by atoms with E-state index in [9.17, 15) is 4.79 Å². The highest BCUT2D eigenvalue weighted by molar-refractivity contribution is 5.73. The number of rotatable bonds is 4. The Bertz CT molecular complexity index is 410. The molecule has 0 saturated carbocycles. The lowest BCUT2D eigenvalue weighted by Gasteiger charge is -2.16. The zero-order chi connectivity index (χ0) is 12.3. The summed E-state index contributed by atoms with van der Waals surface area (Å²) in [5, 5.41) is 8.81. The van der Waals surface area contributed by atoms with Crippen LogP contribution in [0.15, 0.2) is 6.07 Å². The van der Waals surface area contributed by atoms with Crippen molar-refractivity contribution in [2.24, 2.45) is 0 Å². The minimum absolute atomic E-state index is 0.0688. The predicted molar refractivity (Wildman–Crippen MR) is 60.4 cm³/mol. The first-order valence-corrected chi connectivity index (χ1v) is 4.94. The van der Waals surface area contributed by atoms with Gasteiger partial charge in [-0.3, -0.25) is 4.79 Å². The van der Waals surface area contributed by atoms with Crippen molar-refractivity contribution in [3.05, 3.63) is 22.8 Å². The fraction of sp³-hybridized carbons (Fsp3) is 0.417. The van der Waals surface area contributed by atoms with E-state index in [0.29, 0.717) is 17.1 Å². The molecule has 0 fully saturated rings. The molecular formula is C12H16O4. The fourth-order valence-corrected chi connectivity index (χ4v) is 1.69. The summed E-state index contributed by atoms with van der Waals surface area (Å²) in [6.45, 7) is 3.84. The Morgan fingerprint density at radius 1 is 1.25 bits per heavy atom. The van der Waals surface area contributed by atoms with Crippen molar-refractivity contribution in [3.8, 4) is 11.5 Å². The molecule has 0 saturated heterocycles. The number of aliphatic carboxylic acids is 1. The van der Waals surface area contributed by atoms with Gasteiger partial charge in [0.05, 0.1) is 20.6 Å². The second-order valence-corrected chi connectivity index (χ2v) is 3.61. The average Bonchev–Trinajstić information content (AvgIpc) is 2.21. The molecule has 0 aliphatic heterocycles. The molecule has 0 atom stereocenters. The van der Waals surface area contributed by atoms with Gasteiger partial charge in [-0.25, -0.2) is 0 Å². The minimum Gasteiger partial charge on any atom is -0.493 e. The first-order valence-electron chi connectivity index (χ1n) is 4.94. The van der Waals surface area contributed by atoms with Crippen molar-refractivity contribution in [2.75, 3.05) is 14.2 Å². The van der Waals surface area contributed by atoms with E-state index < -0.39 is 5.97 Å². The molecule has 88 valence electrons. The molecule has 1 rings (SSSR count). The highest BCUT2D eigenvalue weighted by atomic mass is 16.5. The van der Waals surface area contributed by atoms with Gasteiger partial charge in [-0.1, -0.05) is 6.07 Å². The summed E-state index contributed by atoms with van der Waals surface area (Å²) in [4.78, 5) is 10.7. The van der Waals surface area contributed by atoms with Crippen molar-refractivity contribution in [1.82, 2.24) is 0 Å². The van der Waals surface area contributed by atoms with E-state index in [1.807, 2.05) is 19.9 Å². The smallest absolute Gasteiger partial charge is 0.307 e. The molecule has 0 bridgehead atoms. The molecule has 0 amide bonds. The maximum absolute atomic E-state index is 10.7.